The first-order valence-electron chi connectivity index (χ1n) is 6.46. The van der Waals surface area contributed by atoms with Gasteiger partial charge in [0.2, 0.25) is 0 Å². The molecular weight excluding hydrogens is 262 g/mol. The molecule has 1 aromatic rings. The van der Waals surface area contributed by atoms with Crippen molar-refractivity contribution >= 4 is 22.4 Å². The second-order valence-electron chi connectivity index (χ2n) is 4.54. The minimum absolute atomic E-state index is 0.0276. The van der Waals surface area contributed by atoms with E-state index in [0.29, 0.717) is 30.2 Å². The van der Waals surface area contributed by atoms with Crippen LogP contribution >= 0.6 is 0 Å². The molecule has 1 fully saturated rings. The Morgan fingerprint density at radius 2 is 2.16 bits per heavy atom. The topological polar surface area (TPSA) is 62.3 Å². The van der Waals surface area contributed by atoms with Crippen LogP contribution in [0.3, 0.4) is 0 Å². The number of carbonyl (C=O) groups is 1. The van der Waals surface area contributed by atoms with Crippen LogP contribution in [-0.4, -0.2) is 51.1 Å². The van der Waals surface area contributed by atoms with Gasteiger partial charge in [-0.05, 0) is 19.9 Å². The third-order valence-electron chi connectivity index (χ3n) is 3.10. The predicted molar refractivity (Wildman–Crippen MR) is 76.9 cm³/mol. The molecule has 5 nitrogen and oxygen atoms in total. The molecule has 1 aromatic heterocycles. The number of anilines is 1. The zero-order valence-corrected chi connectivity index (χ0v) is 12.1. The molecule has 0 saturated carbocycles. The molecule has 0 atom stereocenters. The third-order valence-corrected chi connectivity index (χ3v) is 4.38. The van der Waals surface area contributed by atoms with Crippen molar-refractivity contribution in [3.05, 3.63) is 23.5 Å². The Kier molecular flexibility index (Phi) is 4.52. The molecule has 1 aliphatic heterocycles. The lowest BCUT2D eigenvalue weighted by Gasteiger charge is -2.27. The van der Waals surface area contributed by atoms with Gasteiger partial charge in [-0.25, -0.2) is 0 Å². The summed E-state index contributed by atoms with van der Waals surface area (Å²) in [5.41, 5.74) is 2.30. The van der Waals surface area contributed by atoms with Gasteiger partial charge in [0, 0.05) is 53.8 Å². The molecule has 1 N–H and O–H groups in total. The Hall–Kier alpha value is -1.43. The van der Waals surface area contributed by atoms with Gasteiger partial charge in [-0.1, -0.05) is 0 Å². The number of aromatic nitrogens is 1. The fourth-order valence-electron chi connectivity index (χ4n) is 2.08. The third kappa shape index (κ3) is 3.32. The van der Waals surface area contributed by atoms with Gasteiger partial charge >= 0.3 is 0 Å². The van der Waals surface area contributed by atoms with Gasteiger partial charge in [-0.15, -0.1) is 0 Å². The maximum absolute atomic E-state index is 12.5. The van der Waals surface area contributed by atoms with Crippen molar-refractivity contribution in [3.8, 4) is 0 Å². The second kappa shape index (κ2) is 6.14. The highest BCUT2D eigenvalue weighted by Gasteiger charge is 2.23. The molecular formula is C13H19N3O2S. The van der Waals surface area contributed by atoms with Crippen LogP contribution in [0.5, 0.6) is 0 Å². The van der Waals surface area contributed by atoms with E-state index in [4.69, 9.17) is 0 Å². The first-order valence-corrected chi connectivity index (χ1v) is 7.95. The van der Waals surface area contributed by atoms with Crippen molar-refractivity contribution in [2.45, 2.75) is 13.8 Å². The van der Waals surface area contributed by atoms with Gasteiger partial charge in [0.1, 0.15) is 0 Å². The Morgan fingerprint density at radius 3 is 2.79 bits per heavy atom. The predicted octanol–water partition coefficient (Wildman–Crippen LogP) is 1.03. The molecule has 19 heavy (non-hydrogen) atoms. The normalized spacial score (nSPS) is 16.4. The van der Waals surface area contributed by atoms with E-state index < -0.39 is 10.8 Å². The highest BCUT2D eigenvalue weighted by molar-refractivity contribution is 7.85. The van der Waals surface area contributed by atoms with Crippen LogP contribution in [-0.2, 0) is 10.8 Å². The van der Waals surface area contributed by atoms with E-state index in [1.807, 2.05) is 19.9 Å². The molecule has 2 rings (SSSR count). The molecule has 0 unspecified atom stereocenters. The Balaban J connectivity index is 2.20. The summed E-state index contributed by atoms with van der Waals surface area (Å²) >= 11 is 0. The first-order chi connectivity index (χ1) is 9.11. The van der Waals surface area contributed by atoms with Crippen molar-refractivity contribution in [3.63, 3.8) is 0 Å². The standard InChI is InChI=1S/C13H19N3O2S/c1-3-14-12-8-10(2)15-9-11(12)13(17)16-4-6-19(18)7-5-16/h8-9H,3-7H2,1-2H3,(H,14,15). The lowest BCUT2D eigenvalue weighted by molar-refractivity contribution is 0.0772. The summed E-state index contributed by atoms with van der Waals surface area (Å²) in [4.78, 5) is 18.4. The second-order valence-corrected chi connectivity index (χ2v) is 6.24. The van der Waals surface area contributed by atoms with Gasteiger partial charge in [0.15, 0.2) is 0 Å². The minimum Gasteiger partial charge on any atom is -0.385 e. The summed E-state index contributed by atoms with van der Waals surface area (Å²) in [5.74, 6) is 1.11. The lowest BCUT2D eigenvalue weighted by Crippen LogP contribution is -2.42. The number of nitrogens with one attached hydrogen (secondary N) is 1. The van der Waals surface area contributed by atoms with E-state index in [-0.39, 0.29) is 5.91 Å². The van der Waals surface area contributed by atoms with Crippen LogP contribution in [0.4, 0.5) is 5.69 Å². The molecule has 0 aromatic carbocycles. The molecule has 0 radical (unpaired) electrons. The van der Waals surface area contributed by atoms with Crippen LogP contribution in [0.1, 0.15) is 23.0 Å². The Bertz CT molecular complexity index is 495. The summed E-state index contributed by atoms with van der Waals surface area (Å²) in [6.45, 7) is 5.77. The van der Waals surface area contributed by atoms with Gasteiger partial charge in [-0.3, -0.25) is 14.0 Å². The largest absolute Gasteiger partial charge is 0.385 e. The number of amides is 1. The summed E-state index contributed by atoms with van der Waals surface area (Å²) in [6.07, 6.45) is 1.63. The van der Waals surface area contributed by atoms with Crippen molar-refractivity contribution in [2.75, 3.05) is 36.5 Å². The van der Waals surface area contributed by atoms with Gasteiger partial charge < -0.3 is 10.2 Å². The smallest absolute Gasteiger partial charge is 0.257 e. The molecule has 0 bridgehead atoms. The molecule has 1 saturated heterocycles. The zero-order valence-electron chi connectivity index (χ0n) is 11.3. The van der Waals surface area contributed by atoms with Crippen LogP contribution in [0.15, 0.2) is 12.3 Å². The number of carbonyl (C=O) groups excluding carboxylic acids is 1. The van der Waals surface area contributed by atoms with E-state index in [2.05, 4.69) is 10.3 Å². The summed E-state index contributed by atoms with van der Waals surface area (Å²) in [7, 11) is -0.771. The monoisotopic (exact) mass is 281 g/mol. The summed E-state index contributed by atoms with van der Waals surface area (Å²) < 4.78 is 11.3. The average molecular weight is 281 g/mol. The lowest BCUT2D eigenvalue weighted by atomic mass is 10.1. The van der Waals surface area contributed by atoms with Crippen molar-refractivity contribution in [1.29, 1.82) is 0 Å². The molecule has 0 aliphatic carbocycles. The fraction of sp³-hybridized carbons (Fsp3) is 0.538. The SMILES string of the molecule is CCNc1cc(C)ncc1C(=O)N1CCS(=O)CC1. The van der Waals surface area contributed by atoms with E-state index >= 15 is 0 Å². The van der Waals surface area contributed by atoms with E-state index in [0.717, 1.165) is 17.9 Å². The van der Waals surface area contributed by atoms with E-state index in [9.17, 15) is 9.00 Å². The number of hydrogen-bond donors (Lipinski definition) is 1. The molecule has 1 aliphatic rings. The van der Waals surface area contributed by atoms with Crippen LogP contribution in [0.25, 0.3) is 0 Å². The maximum Gasteiger partial charge on any atom is 0.257 e. The van der Waals surface area contributed by atoms with Crippen LogP contribution in [0.2, 0.25) is 0 Å². The molecule has 104 valence electrons. The van der Waals surface area contributed by atoms with Crippen molar-refractivity contribution in [1.82, 2.24) is 9.88 Å². The van der Waals surface area contributed by atoms with Crippen LogP contribution < -0.4 is 5.32 Å². The highest BCUT2D eigenvalue weighted by atomic mass is 32.2. The summed E-state index contributed by atoms with van der Waals surface area (Å²) in [5, 5.41) is 3.20. The van der Waals surface area contributed by atoms with Gasteiger partial charge in [0.25, 0.3) is 5.91 Å². The quantitative estimate of drug-likeness (QED) is 0.899. The Labute approximate surface area is 115 Å². The van der Waals surface area contributed by atoms with E-state index in [1.54, 1.807) is 11.1 Å². The first kappa shape index (κ1) is 14.0. The Morgan fingerprint density at radius 1 is 1.47 bits per heavy atom. The average Bonchev–Trinajstić information content (AvgIpc) is 2.39. The fourth-order valence-corrected chi connectivity index (χ4v) is 3.13. The molecule has 6 heteroatoms. The van der Waals surface area contributed by atoms with Gasteiger partial charge in [0.05, 0.1) is 11.3 Å². The molecule has 2 heterocycles. The maximum atomic E-state index is 12.5. The number of aryl methyl sites for hydroxylation is 1. The van der Waals surface area contributed by atoms with Crippen LogP contribution in [0, 0.1) is 6.92 Å². The number of nitrogens with zero attached hydrogens (tertiary/aromatic N) is 2. The van der Waals surface area contributed by atoms with Gasteiger partial charge in [-0.2, -0.15) is 0 Å². The summed E-state index contributed by atoms with van der Waals surface area (Å²) in [6, 6.07) is 1.89. The highest BCUT2D eigenvalue weighted by Crippen LogP contribution is 2.18. The molecule has 1 amide bonds. The molecule has 0 spiro atoms. The van der Waals surface area contributed by atoms with Crippen molar-refractivity contribution < 1.29 is 9.00 Å². The minimum atomic E-state index is -0.771. The zero-order chi connectivity index (χ0) is 13.8. The van der Waals surface area contributed by atoms with E-state index in [1.165, 1.54) is 0 Å². The number of pyridine rings is 1. The number of rotatable bonds is 3. The number of hydrogen-bond acceptors (Lipinski definition) is 4. The van der Waals surface area contributed by atoms with Crippen molar-refractivity contribution in [2.24, 2.45) is 0 Å².